The van der Waals surface area contributed by atoms with E-state index in [0.29, 0.717) is 12.2 Å². The lowest BCUT2D eigenvalue weighted by molar-refractivity contribution is -0.120. The highest BCUT2D eigenvalue weighted by Gasteiger charge is 2.20. The highest BCUT2D eigenvalue weighted by molar-refractivity contribution is 7.09. The zero-order valence-electron chi connectivity index (χ0n) is 13.5. The molecule has 24 heavy (non-hydrogen) atoms. The molecule has 1 amide bonds. The second-order valence-electron chi connectivity index (χ2n) is 5.21. The van der Waals surface area contributed by atoms with E-state index in [0.717, 1.165) is 6.54 Å². The molecule has 0 fully saturated rings. The van der Waals surface area contributed by atoms with E-state index in [1.54, 1.807) is 11.3 Å². The van der Waals surface area contributed by atoms with Crippen molar-refractivity contribution >= 4 is 22.9 Å². The Morgan fingerprint density at radius 3 is 2.54 bits per heavy atom. The third-order valence-corrected chi connectivity index (χ3v) is 4.48. The van der Waals surface area contributed by atoms with E-state index < -0.39 is 6.61 Å². The van der Waals surface area contributed by atoms with Crippen molar-refractivity contribution in [3.8, 4) is 5.75 Å². The summed E-state index contributed by atoms with van der Waals surface area (Å²) >= 11 is 1.66. The molecule has 0 spiro atoms. The molecule has 1 aromatic carbocycles. The SMILES string of the molecule is CCN(Cc1cccs1)C(C)C(=O)Nc1ccc(OC(F)F)cc1. The van der Waals surface area contributed by atoms with Gasteiger partial charge in [0.2, 0.25) is 5.91 Å². The summed E-state index contributed by atoms with van der Waals surface area (Å²) in [5.41, 5.74) is 0.542. The first kappa shape index (κ1) is 18.4. The number of hydrogen-bond donors (Lipinski definition) is 1. The van der Waals surface area contributed by atoms with Gasteiger partial charge in [0.1, 0.15) is 5.75 Å². The monoisotopic (exact) mass is 354 g/mol. The number of nitrogens with zero attached hydrogens (tertiary/aromatic N) is 1. The number of carbonyl (C=O) groups is 1. The van der Waals surface area contributed by atoms with Crippen LogP contribution in [0.5, 0.6) is 5.75 Å². The summed E-state index contributed by atoms with van der Waals surface area (Å²) in [5.74, 6) is -0.0835. The van der Waals surface area contributed by atoms with Gasteiger partial charge in [-0.2, -0.15) is 8.78 Å². The third kappa shape index (κ3) is 5.28. The van der Waals surface area contributed by atoms with Crippen LogP contribution in [-0.2, 0) is 11.3 Å². The molecule has 0 aliphatic carbocycles. The number of halogens is 2. The van der Waals surface area contributed by atoms with Crippen LogP contribution < -0.4 is 10.1 Å². The number of likely N-dealkylation sites (N-methyl/N-ethyl adjacent to an activating group) is 1. The van der Waals surface area contributed by atoms with Crippen LogP contribution in [0.3, 0.4) is 0 Å². The van der Waals surface area contributed by atoms with Crippen molar-refractivity contribution in [3.63, 3.8) is 0 Å². The van der Waals surface area contributed by atoms with Crippen molar-refractivity contribution in [2.45, 2.75) is 33.0 Å². The molecular formula is C17H20F2N2O2S. The summed E-state index contributed by atoms with van der Waals surface area (Å²) in [7, 11) is 0. The fourth-order valence-corrected chi connectivity index (χ4v) is 2.99. The van der Waals surface area contributed by atoms with Crippen molar-refractivity contribution in [2.75, 3.05) is 11.9 Å². The van der Waals surface area contributed by atoms with E-state index >= 15 is 0 Å². The number of ether oxygens (including phenoxy) is 1. The minimum Gasteiger partial charge on any atom is -0.435 e. The van der Waals surface area contributed by atoms with Crippen LogP contribution >= 0.6 is 11.3 Å². The number of benzene rings is 1. The molecule has 0 radical (unpaired) electrons. The molecule has 1 unspecified atom stereocenters. The first-order valence-corrected chi connectivity index (χ1v) is 8.49. The molecule has 0 bridgehead atoms. The molecule has 1 atom stereocenters. The van der Waals surface area contributed by atoms with Crippen molar-refractivity contribution in [2.24, 2.45) is 0 Å². The van der Waals surface area contributed by atoms with Gasteiger partial charge in [-0.05, 0) is 49.2 Å². The van der Waals surface area contributed by atoms with Crippen LogP contribution in [0.2, 0.25) is 0 Å². The molecule has 0 aliphatic heterocycles. The second kappa shape index (κ2) is 8.75. The Labute approximate surface area is 144 Å². The molecule has 0 aliphatic rings. The number of alkyl halides is 2. The molecule has 0 saturated heterocycles. The average molecular weight is 354 g/mol. The standard InChI is InChI=1S/C17H20F2N2O2S/c1-3-21(11-15-5-4-10-24-15)12(2)16(22)20-13-6-8-14(9-7-13)23-17(18)19/h4-10,12,17H,3,11H2,1-2H3,(H,20,22). The first-order chi connectivity index (χ1) is 11.5. The number of anilines is 1. The van der Waals surface area contributed by atoms with Gasteiger partial charge in [0, 0.05) is 17.1 Å². The fraction of sp³-hybridized carbons (Fsp3) is 0.353. The van der Waals surface area contributed by atoms with Gasteiger partial charge in [-0.3, -0.25) is 9.69 Å². The maximum atomic E-state index is 12.4. The number of carbonyl (C=O) groups excluding carboxylic acids is 1. The molecule has 7 heteroatoms. The van der Waals surface area contributed by atoms with Crippen LogP contribution in [-0.4, -0.2) is 30.0 Å². The molecule has 1 aromatic heterocycles. The minimum absolute atomic E-state index is 0.0592. The molecule has 4 nitrogen and oxygen atoms in total. The van der Waals surface area contributed by atoms with Crippen LogP contribution in [0.4, 0.5) is 14.5 Å². The van der Waals surface area contributed by atoms with Gasteiger partial charge in [-0.15, -0.1) is 11.3 Å². The van der Waals surface area contributed by atoms with E-state index in [2.05, 4.69) is 15.0 Å². The van der Waals surface area contributed by atoms with E-state index in [9.17, 15) is 13.6 Å². The second-order valence-corrected chi connectivity index (χ2v) is 6.24. The van der Waals surface area contributed by atoms with Crippen molar-refractivity contribution in [1.82, 2.24) is 4.90 Å². The zero-order chi connectivity index (χ0) is 17.5. The Morgan fingerprint density at radius 1 is 1.29 bits per heavy atom. The molecule has 2 rings (SSSR count). The highest BCUT2D eigenvalue weighted by atomic mass is 32.1. The molecule has 130 valence electrons. The number of amides is 1. The van der Waals surface area contributed by atoms with Gasteiger partial charge in [0.15, 0.2) is 0 Å². The molecule has 0 saturated carbocycles. The summed E-state index contributed by atoms with van der Waals surface area (Å²) in [6.07, 6.45) is 0. The lowest BCUT2D eigenvalue weighted by Crippen LogP contribution is -2.41. The van der Waals surface area contributed by atoms with Crippen LogP contribution in [0, 0.1) is 0 Å². The fourth-order valence-electron chi connectivity index (χ4n) is 2.26. The van der Waals surface area contributed by atoms with Gasteiger partial charge in [0.25, 0.3) is 0 Å². The normalized spacial score (nSPS) is 12.4. The van der Waals surface area contributed by atoms with E-state index in [-0.39, 0.29) is 17.7 Å². The number of nitrogens with one attached hydrogen (secondary N) is 1. The Hall–Kier alpha value is -1.99. The third-order valence-electron chi connectivity index (χ3n) is 3.62. The van der Waals surface area contributed by atoms with Crippen LogP contribution in [0.25, 0.3) is 0 Å². The van der Waals surface area contributed by atoms with Gasteiger partial charge in [-0.25, -0.2) is 0 Å². The number of hydrogen-bond acceptors (Lipinski definition) is 4. The van der Waals surface area contributed by atoms with Gasteiger partial charge in [0.05, 0.1) is 6.04 Å². The van der Waals surface area contributed by atoms with Crippen molar-refractivity contribution < 1.29 is 18.3 Å². The minimum atomic E-state index is -2.86. The smallest absolute Gasteiger partial charge is 0.387 e. The van der Waals surface area contributed by atoms with Crippen LogP contribution in [0.1, 0.15) is 18.7 Å². The van der Waals surface area contributed by atoms with E-state index in [1.165, 1.54) is 29.1 Å². The predicted octanol–water partition coefficient (Wildman–Crippen LogP) is 4.20. The highest BCUT2D eigenvalue weighted by Crippen LogP contribution is 2.19. The summed E-state index contributed by atoms with van der Waals surface area (Å²) in [6, 6.07) is 9.59. The molecule has 1 heterocycles. The van der Waals surface area contributed by atoms with Crippen molar-refractivity contribution in [3.05, 3.63) is 46.7 Å². The van der Waals surface area contributed by atoms with E-state index in [1.807, 2.05) is 31.4 Å². The summed E-state index contributed by atoms with van der Waals surface area (Å²) in [6.45, 7) is 2.45. The lowest BCUT2D eigenvalue weighted by Gasteiger charge is -2.26. The molecule has 1 N–H and O–H groups in total. The summed E-state index contributed by atoms with van der Waals surface area (Å²) in [4.78, 5) is 15.7. The summed E-state index contributed by atoms with van der Waals surface area (Å²) in [5, 5.41) is 4.81. The number of thiophene rings is 1. The average Bonchev–Trinajstić information content (AvgIpc) is 3.06. The Bertz CT molecular complexity index is 633. The lowest BCUT2D eigenvalue weighted by atomic mass is 10.2. The van der Waals surface area contributed by atoms with E-state index in [4.69, 9.17) is 0 Å². The van der Waals surface area contributed by atoms with Gasteiger partial charge < -0.3 is 10.1 Å². The van der Waals surface area contributed by atoms with Crippen molar-refractivity contribution in [1.29, 1.82) is 0 Å². The maximum absolute atomic E-state index is 12.4. The Morgan fingerprint density at radius 2 is 2.00 bits per heavy atom. The Kier molecular flexibility index (Phi) is 6.69. The largest absolute Gasteiger partial charge is 0.435 e. The van der Waals surface area contributed by atoms with Gasteiger partial charge >= 0.3 is 6.61 Å². The van der Waals surface area contributed by atoms with Gasteiger partial charge in [-0.1, -0.05) is 13.0 Å². The first-order valence-electron chi connectivity index (χ1n) is 7.61. The summed E-state index contributed by atoms with van der Waals surface area (Å²) < 4.78 is 28.5. The number of rotatable bonds is 8. The maximum Gasteiger partial charge on any atom is 0.387 e. The molecule has 2 aromatic rings. The Balaban J connectivity index is 1.94. The molecular weight excluding hydrogens is 334 g/mol. The quantitative estimate of drug-likeness (QED) is 0.772. The predicted molar refractivity (Wildman–Crippen MR) is 91.6 cm³/mol. The topological polar surface area (TPSA) is 41.6 Å². The van der Waals surface area contributed by atoms with Crippen LogP contribution in [0.15, 0.2) is 41.8 Å². The zero-order valence-corrected chi connectivity index (χ0v) is 14.4.